The Hall–Kier alpha value is -2.18. The lowest BCUT2D eigenvalue weighted by atomic mass is 10.0. The number of carbonyl (C=O) groups excluding carboxylic acids is 1. The number of nitrogens with zero attached hydrogens (tertiary/aromatic N) is 3. The summed E-state index contributed by atoms with van der Waals surface area (Å²) < 4.78 is 7.44. The normalized spacial score (nSPS) is 14.5. The summed E-state index contributed by atoms with van der Waals surface area (Å²) in [6.45, 7) is 4.05. The molecule has 1 aliphatic carbocycles. The van der Waals surface area contributed by atoms with Gasteiger partial charge in [0.15, 0.2) is 4.96 Å². The summed E-state index contributed by atoms with van der Waals surface area (Å²) in [5.74, 6) is 1.01. The van der Waals surface area contributed by atoms with Crippen LogP contribution < -0.4 is 0 Å². The van der Waals surface area contributed by atoms with Gasteiger partial charge in [0.2, 0.25) is 5.91 Å². The number of thiazole rings is 1. The molecule has 166 valence electrons. The van der Waals surface area contributed by atoms with Crippen LogP contribution in [0.5, 0.6) is 0 Å². The smallest absolute Gasteiger partial charge is 0.222 e. The molecule has 0 N–H and O–H groups in total. The van der Waals surface area contributed by atoms with Gasteiger partial charge in [0.25, 0.3) is 0 Å². The average Bonchev–Trinajstić information content (AvgIpc) is 3.51. The monoisotopic (exact) mass is 439 g/mol. The molecule has 0 aliphatic heterocycles. The van der Waals surface area contributed by atoms with Crippen LogP contribution in [-0.4, -0.2) is 47.0 Å². The lowest BCUT2D eigenvalue weighted by Crippen LogP contribution is -2.35. The minimum Gasteiger partial charge on any atom is -0.383 e. The van der Waals surface area contributed by atoms with Crippen molar-refractivity contribution in [2.75, 3.05) is 26.8 Å². The number of amides is 1. The van der Waals surface area contributed by atoms with E-state index in [1.807, 2.05) is 4.90 Å². The first-order valence-corrected chi connectivity index (χ1v) is 12.3. The second-order valence-corrected chi connectivity index (χ2v) is 9.52. The summed E-state index contributed by atoms with van der Waals surface area (Å²) >= 11 is 1.66. The highest BCUT2D eigenvalue weighted by molar-refractivity contribution is 7.15. The second kappa shape index (κ2) is 10.4. The molecular formula is C25H33N3O2S. The highest BCUT2D eigenvalue weighted by Gasteiger charge is 2.20. The molecule has 0 atom stereocenters. The number of rotatable bonds is 10. The van der Waals surface area contributed by atoms with Crippen LogP contribution >= 0.6 is 11.3 Å². The van der Waals surface area contributed by atoms with E-state index in [0.29, 0.717) is 19.6 Å². The van der Waals surface area contributed by atoms with Crippen LogP contribution in [0, 0.1) is 12.8 Å². The maximum atomic E-state index is 12.9. The molecule has 0 radical (unpaired) electrons. The summed E-state index contributed by atoms with van der Waals surface area (Å²) in [6, 6.07) is 8.48. The van der Waals surface area contributed by atoms with Crippen molar-refractivity contribution in [2.45, 2.75) is 51.9 Å². The highest BCUT2D eigenvalue weighted by atomic mass is 32.1. The molecule has 0 spiro atoms. The van der Waals surface area contributed by atoms with Crippen LogP contribution in [0.4, 0.5) is 0 Å². The van der Waals surface area contributed by atoms with Gasteiger partial charge in [-0.05, 0) is 19.3 Å². The van der Waals surface area contributed by atoms with Crippen LogP contribution in [0.2, 0.25) is 0 Å². The van der Waals surface area contributed by atoms with Crippen molar-refractivity contribution in [3.63, 3.8) is 0 Å². The maximum Gasteiger partial charge on any atom is 0.222 e. The van der Waals surface area contributed by atoms with Gasteiger partial charge in [-0.3, -0.25) is 9.20 Å². The number of carbonyl (C=O) groups is 1. The van der Waals surface area contributed by atoms with Gasteiger partial charge >= 0.3 is 0 Å². The SMILES string of the molecule is COCCN(CCc1csc2nc(-c3ccc(C)cc3)cn12)C(=O)CCC1CCCC1. The van der Waals surface area contributed by atoms with Gasteiger partial charge in [0.05, 0.1) is 12.3 Å². The number of aryl methyl sites for hydroxylation is 1. The van der Waals surface area contributed by atoms with Crippen LogP contribution in [0.1, 0.15) is 49.8 Å². The van der Waals surface area contributed by atoms with Crippen LogP contribution in [-0.2, 0) is 16.0 Å². The van der Waals surface area contributed by atoms with Crippen LogP contribution in [0.3, 0.4) is 0 Å². The predicted molar refractivity (Wildman–Crippen MR) is 127 cm³/mol. The molecule has 0 unspecified atom stereocenters. The predicted octanol–water partition coefficient (Wildman–Crippen LogP) is 5.36. The topological polar surface area (TPSA) is 46.8 Å². The number of imidazole rings is 1. The third-order valence-electron chi connectivity index (χ3n) is 6.43. The summed E-state index contributed by atoms with van der Waals surface area (Å²) in [5, 5.41) is 2.17. The van der Waals surface area contributed by atoms with E-state index in [1.54, 1.807) is 18.4 Å². The Morgan fingerprint density at radius 1 is 1.23 bits per heavy atom. The molecule has 1 fully saturated rings. The van der Waals surface area contributed by atoms with Gasteiger partial charge in [-0.1, -0.05) is 55.5 Å². The lowest BCUT2D eigenvalue weighted by molar-refractivity contribution is -0.132. The summed E-state index contributed by atoms with van der Waals surface area (Å²) in [7, 11) is 1.70. The van der Waals surface area contributed by atoms with E-state index < -0.39 is 0 Å². The first-order chi connectivity index (χ1) is 15.1. The summed E-state index contributed by atoms with van der Waals surface area (Å²) in [4.78, 5) is 20.7. The number of hydrogen-bond acceptors (Lipinski definition) is 4. The van der Waals surface area contributed by atoms with E-state index in [9.17, 15) is 4.79 Å². The largest absolute Gasteiger partial charge is 0.383 e. The van der Waals surface area contributed by atoms with Gasteiger partial charge in [0.1, 0.15) is 0 Å². The molecule has 31 heavy (non-hydrogen) atoms. The molecule has 1 saturated carbocycles. The molecule has 2 aromatic heterocycles. The van der Waals surface area contributed by atoms with Crippen molar-refractivity contribution >= 4 is 22.2 Å². The Bertz CT molecular complexity index is 986. The second-order valence-electron chi connectivity index (χ2n) is 8.68. The van der Waals surface area contributed by atoms with Gasteiger partial charge in [0, 0.05) is 55.9 Å². The van der Waals surface area contributed by atoms with Gasteiger partial charge in [-0.25, -0.2) is 4.98 Å². The Morgan fingerprint density at radius 2 is 2.00 bits per heavy atom. The Balaban J connectivity index is 1.41. The van der Waals surface area contributed by atoms with Gasteiger partial charge in [-0.2, -0.15) is 0 Å². The minimum absolute atomic E-state index is 0.265. The van der Waals surface area contributed by atoms with E-state index >= 15 is 0 Å². The minimum atomic E-state index is 0.265. The molecule has 1 aromatic carbocycles. The summed E-state index contributed by atoms with van der Waals surface area (Å²) in [5.41, 5.74) is 4.59. The molecule has 2 heterocycles. The number of benzene rings is 1. The zero-order chi connectivity index (χ0) is 21.6. The molecule has 5 nitrogen and oxygen atoms in total. The molecule has 1 amide bonds. The Kier molecular flexibility index (Phi) is 7.41. The number of fused-ring (bicyclic) bond motifs is 1. The third-order valence-corrected chi connectivity index (χ3v) is 7.32. The molecule has 6 heteroatoms. The van der Waals surface area contributed by atoms with Crippen molar-refractivity contribution in [3.05, 3.63) is 47.1 Å². The molecule has 0 bridgehead atoms. The van der Waals surface area contributed by atoms with E-state index in [-0.39, 0.29) is 5.91 Å². The van der Waals surface area contributed by atoms with E-state index in [0.717, 1.165) is 41.5 Å². The number of aromatic nitrogens is 2. The van der Waals surface area contributed by atoms with E-state index in [4.69, 9.17) is 9.72 Å². The fourth-order valence-corrected chi connectivity index (χ4v) is 5.38. The van der Waals surface area contributed by atoms with Gasteiger partial charge < -0.3 is 9.64 Å². The van der Waals surface area contributed by atoms with E-state index in [1.165, 1.54) is 36.9 Å². The van der Waals surface area contributed by atoms with Crippen molar-refractivity contribution in [1.29, 1.82) is 0 Å². The molecule has 0 saturated heterocycles. The lowest BCUT2D eigenvalue weighted by Gasteiger charge is -2.23. The van der Waals surface area contributed by atoms with E-state index in [2.05, 4.69) is 47.2 Å². The van der Waals surface area contributed by atoms with Crippen molar-refractivity contribution in [2.24, 2.45) is 5.92 Å². The van der Waals surface area contributed by atoms with Crippen molar-refractivity contribution in [3.8, 4) is 11.3 Å². The number of ether oxygens (including phenoxy) is 1. The van der Waals surface area contributed by atoms with Crippen molar-refractivity contribution in [1.82, 2.24) is 14.3 Å². The highest BCUT2D eigenvalue weighted by Crippen LogP contribution is 2.29. The standard InChI is InChI=1S/C25H33N3O2S/c1-19-7-10-21(11-8-19)23-17-28-22(18-31-25(28)26-23)13-14-27(15-16-30-2)24(29)12-9-20-5-3-4-6-20/h7-8,10-11,17-18,20H,3-6,9,12-16H2,1-2H3. The molecular weight excluding hydrogens is 406 g/mol. The molecule has 1 aliphatic rings. The fourth-order valence-electron chi connectivity index (χ4n) is 4.47. The number of methoxy groups -OCH3 is 1. The first kappa shape index (κ1) is 22.0. The Morgan fingerprint density at radius 3 is 2.74 bits per heavy atom. The average molecular weight is 440 g/mol. The Labute approximate surface area is 189 Å². The molecule has 3 aromatic rings. The molecule has 4 rings (SSSR count). The maximum absolute atomic E-state index is 12.9. The van der Waals surface area contributed by atoms with Gasteiger partial charge in [-0.15, -0.1) is 11.3 Å². The summed E-state index contributed by atoms with van der Waals surface area (Å²) in [6.07, 6.45) is 9.88. The van der Waals surface area contributed by atoms with Crippen molar-refractivity contribution < 1.29 is 9.53 Å². The van der Waals surface area contributed by atoms with Crippen LogP contribution in [0.15, 0.2) is 35.8 Å². The third kappa shape index (κ3) is 5.55. The first-order valence-electron chi connectivity index (χ1n) is 11.4. The zero-order valence-electron chi connectivity index (χ0n) is 18.7. The number of hydrogen-bond donors (Lipinski definition) is 0. The fraction of sp³-hybridized carbons (Fsp3) is 0.520. The zero-order valence-corrected chi connectivity index (χ0v) is 19.5. The van der Waals surface area contributed by atoms with Crippen LogP contribution in [0.25, 0.3) is 16.2 Å². The quantitative estimate of drug-likeness (QED) is 0.427.